The van der Waals surface area contributed by atoms with E-state index in [1.807, 2.05) is 0 Å². The number of nitrogens with one attached hydrogen (secondary N) is 1. The van der Waals surface area contributed by atoms with Gasteiger partial charge in [0.15, 0.2) is 0 Å². The molecule has 0 saturated carbocycles. The third-order valence-electron chi connectivity index (χ3n) is 2.27. The quantitative estimate of drug-likeness (QED) is 0.643. The van der Waals surface area contributed by atoms with Crippen LogP contribution in [0.2, 0.25) is 0 Å². The van der Waals surface area contributed by atoms with E-state index in [4.69, 9.17) is 33.4 Å². The molecule has 0 bridgehead atoms. The highest BCUT2D eigenvalue weighted by molar-refractivity contribution is 4.36. The lowest BCUT2D eigenvalue weighted by atomic mass is 10.7. The Kier molecular flexibility index (Phi) is 13.4. The summed E-state index contributed by atoms with van der Waals surface area (Å²) in [5, 5.41) is 0. The van der Waals surface area contributed by atoms with Crippen molar-refractivity contribution in [2.45, 2.75) is 0 Å². The summed E-state index contributed by atoms with van der Waals surface area (Å²) in [4.78, 5) is 9.95. The minimum Gasteiger partial charge on any atom is -0.377 e. The molecule has 20 heavy (non-hydrogen) atoms. The molecular weight excluding hydrogens is 270 g/mol. The maximum absolute atomic E-state index is 5.34. The number of ether oxygens (including phenoxy) is 5. The van der Waals surface area contributed by atoms with Crippen LogP contribution in [-0.2, 0) is 33.4 Å². The molecule has 0 radical (unpaired) electrons. The maximum atomic E-state index is 5.34. The molecule has 1 aliphatic rings. The zero-order chi connectivity index (χ0) is 14.1. The van der Waals surface area contributed by atoms with Crippen LogP contribution in [0.25, 0.3) is 0 Å². The van der Waals surface area contributed by atoms with Crippen LogP contribution >= 0.6 is 0 Å². The highest BCUT2D eigenvalue weighted by Crippen LogP contribution is 1.85. The molecule has 0 amide bonds. The molecule has 0 aromatic heterocycles. The first-order valence-electron chi connectivity index (χ1n) is 6.87. The first kappa shape index (κ1) is 17.7. The van der Waals surface area contributed by atoms with Gasteiger partial charge in [0.2, 0.25) is 0 Å². The van der Waals surface area contributed by atoms with Crippen LogP contribution in [0.3, 0.4) is 0 Å². The standard InChI is InChI=1S/C12H25NO7/c1-3-15-5-7-17-9-11-19-13-20-12-10-18-8-6-16-4-2-14-1/h13H,1-12H2. The van der Waals surface area contributed by atoms with Gasteiger partial charge in [0.1, 0.15) is 0 Å². The van der Waals surface area contributed by atoms with E-state index in [1.54, 1.807) is 0 Å². The van der Waals surface area contributed by atoms with Gasteiger partial charge in [-0.2, -0.15) is 0 Å². The van der Waals surface area contributed by atoms with Gasteiger partial charge in [-0.1, -0.05) is 5.64 Å². The van der Waals surface area contributed by atoms with Crippen molar-refractivity contribution in [1.29, 1.82) is 0 Å². The van der Waals surface area contributed by atoms with Gasteiger partial charge in [0.05, 0.1) is 79.3 Å². The number of hydrogen-bond acceptors (Lipinski definition) is 8. The minimum atomic E-state index is 0.401. The van der Waals surface area contributed by atoms with Crippen molar-refractivity contribution in [2.75, 3.05) is 79.3 Å². The van der Waals surface area contributed by atoms with Crippen LogP contribution in [0, 0.1) is 0 Å². The van der Waals surface area contributed by atoms with E-state index < -0.39 is 0 Å². The SMILES string of the molecule is C1COCCOCCONOCCOCCOCCO1. The predicted octanol–water partition coefficient (Wildman–Crippen LogP) is -0.464. The fraction of sp³-hybridized carbons (Fsp3) is 1.00. The van der Waals surface area contributed by atoms with Gasteiger partial charge >= 0.3 is 0 Å². The largest absolute Gasteiger partial charge is 0.377 e. The summed E-state index contributed by atoms with van der Waals surface area (Å²) >= 11 is 0. The van der Waals surface area contributed by atoms with Crippen LogP contribution < -0.4 is 5.64 Å². The van der Waals surface area contributed by atoms with Crippen molar-refractivity contribution >= 4 is 0 Å². The van der Waals surface area contributed by atoms with E-state index in [2.05, 4.69) is 5.64 Å². The van der Waals surface area contributed by atoms with Gasteiger partial charge < -0.3 is 23.7 Å². The molecular formula is C12H25NO7. The highest BCUT2D eigenvalue weighted by atomic mass is 16.9. The Hall–Kier alpha value is -0.320. The predicted molar refractivity (Wildman–Crippen MR) is 69.1 cm³/mol. The average molecular weight is 295 g/mol. The second kappa shape index (κ2) is 15.1. The summed E-state index contributed by atoms with van der Waals surface area (Å²) in [6, 6.07) is 0. The number of rotatable bonds is 0. The Morgan fingerprint density at radius 2 is 0.600 bits per heavy atom. The molecule has 0 aliphatic carbocycles. The molecule has 1 N–H and O–H groups in total. The summed E-state index contributed by atoms with van der Waals surface area (Å²) in [5.41, 5.74) is 2.37. The summed E-state index contributed by atoms with van der Waals surface area (Å²) in [7, 11) is 0. The summed E-state index contributed by atoms with van der Waals surface area (Å²) in [6.07, 6.45) is 0. The van der Waals surface area contributed by atoms with Crippen LogP contribution in [0.4, 0.5) is 0 Å². The first-order valence-corrected chi connectivity index (χ1v) is 6.87. The molecule has 0 aromatic carbocycles. The second-order valence-corrected chi connectivity index (χ2v) is 3.84. The van der Waals surface area contributed by atoms with E-state index in [-0.39, 0.29) is 0 Å². The van der Waals surface area contributed by atoms with E-state index in [9.17, 15) is 0 Å². The van der Waals surface area contributed by atoms with Crippen molar-refractivity contribution < 1.29 is 33.4 Å². The Morgan fingerprint density at radius 3 is 0.900 bits per heavy atom. The summed E-state index contributed by atoms with van der Waals surface area (Å²) in [5.74, 6) is 0. The molecule has 120 valence electrons. The van der Waals surface area contributed by atoms with Crippen LogP contribution in [0.5, 0.6) is 0 Å². The monoisotopic (exact) mass is 295 g/mol. The molecule has 0 spiro atoms. The van der Waals surface area contributed by atoms with E-state index in [0.717, 1.165) is 0 Å². The fourth-order valence-corrected chi connectivity index (χ4v) is 1.31. The average Bonchev–Trinajstić information content (AvgIpc) is 2.46. The Bertz CT molecular complexity index is 110. The molecule has 0 unspecified atom stereocenters. The van der Waals surface area contributed by atoms with Crippen LogP contribution in [0.1, 0.15) is 0 Å². The topological polar surface area (TPSA) is 76.6 Å². The normalized spacial score (nSPS) is 24.0. The van der Waals surface area contributed by atoms with E-state index in [1.165, 1.54) is 0 Å². The molecule has 1 fully saturated rings. The lowest BCUT2D eigenvalue weighted by molar-refractivity contribution is -0.184. The maximum Gasteiger partial charge on any atom is 0.0942 e. The lowest BCUT2D eigenvalue weighted by Crippen LogP contribution is -2.22. The van der Waals surface area contributed by atoms with Crippen molar-refractivity contribution in [3.8, 4) is 0 Å². The molecule has 1 heterocycles. The zero-order valence-corrected chi connectivity index (χ0v) is 11.8. The third-order valence-corrected chi connectivity index (χ3v) is 2.27. The molecule has 0 aromatic rings. The molecule has 0 atom stereocenters. The highest BCUT2D eigenvalue weighted by Gasteiger charge is 1.95. The molecule has 1 aliphatic heterocycles. The molecule has 1 saturated heterocycles. The van der Waals surface area contributed by atoms with Gasteiger partial charge in [-0.25, -0.2) is 0 Å². The van der Waals surface area contributed by atoms with Gasteiger partial charge in [-0.3, -0.25) is 9.68 Å². The summed E-state index contributed by atoms with van der Waals surface area (Å²) < 4.78 is 26.6. The smallest absolute Gasteiger partial charge is 0.0942 e. The fourth-order valence-electron chi connectivity index (χ4n) is 1.31. The van der Waals surface area contributed by atoms with Crippen LogP contribution in [0.15, 0.2) is 0 Å². The third kappa shape index (κ3) is 12.7. The zero-order valence-electron chi connectivity index (χ0n) is 11.8. The van der Waals surface area contributed by atoms with E-state index in [0.29, 0.717) is 79.3 Å². The molecule has 8 heteroatoms. The van der Waals surface area contributed by atoms with Crippen molar-refractivity contribution in [2.24, 2.45) is 0 Å². The van der Waals surface area contributed by atoms with Gasteiger partial charge in [-0.05, 0) is 0 Å². The van der Waals surface area contributed by atoms with Crippen molar-refractivity contribution in [3.63, 3.8) is 0 Å². The van der Waals surface area contributed by atoms with Crippen molar-refractivity contribution in [3.05, 3.63) is 0 Å². The van der Waals surface area contributed by atoms with Gasteiger partial charge in [0.25, 0.3) is 0 Å². The van der Waals surface area contributed by atoms with Crippen molar-refractivity contribution in [1.82, 2.24) is 5.64 Å². The number of hydrogen-bond donors (Lipinski definition) is 1. The van der Waals surface area contributed by atoms with Crippen LogP contribution in [-0.4, -0.2) is 79.3 Å². The van der Waals surface area contributed by atoms with Gasteiger partial charge in [-0.15, -0.1) is 0 Å². The van der Waals surface area contributed by atoms with Gasteiger partial charge in [0, 0.05) is 0 Å². The Labute approximate surface area is 119 Å². The molecule has 1 rings (SSSR count). The second-order valence-electron chi connectivity index (χ2n) is 3.84. The first-order chi connectivity index (χ1) is 10.0. The molecule has 8 nitrogen and oxygen atoms in total. The minimum absolute atomic E-state index is 0.401. The lowest BCUT2D eigenvalue weighted by Gasteiger charge is -2.09. The Balaban J connectivity index is 2.00. The summed E-state index contributed by atoms with van der Waals surface area (Å²) in [6.45, 7) is 6.12. The Morgan fingerprint density at radius 1 is 0.350 bits per heavy atom. The van der Waals surface area contributed by atoms with E-state index >= 15 is 0 Å².